The molecular formula is C75H55B2N3S2. The molecule has 82 heavy (non-hydrogen) atoms. The summed E-state index contributed by atoms with van der Waals surface area (Å²) >= 11 is 3.83. The van der Waals surface area contributed by atoms with E-state index in [0.29, 0.717) is 0 Å². The molecule has 0 aromatic heterocycles. The topological polar surface area (TPSA) is 9.72 Å². The van der Waals surface area contributed by atoms with E-state index in [0.717, 1.165) is 34.1 Å². The maximum Gasteiger partial charge on any atom is 0.249 e. The van der Waals surface area contributed by atoms with Crippen molar-refractivity contribution in [2.24, 2.45) is 0 Å². The number of aryl methyl sites for hydroxylation is 3. The van der Waals surface area contributed by atoms with Crippen molar-refractivity contribution in [1.82, 2.24) is 0 Å². The van der Waals surface area contributed by atoms with Crippen LogP contribution in [0.4, 0.5) is 51.2 Å². The lowest BCUT2D eigenvalue weighted by atomic mass is 9.31. The molecular weight excluding hydrogens is 1030 g/mol. The van der Waals surface area contributed by atoms with E-state index in [1.54, 1.807) is 0 Å². The molecule has 0 spiro atoms. The molecule has 3 heterocycles. The van der Waals surface area contributed by atoms with Gasteiger partial charge in [-0.15, -0.1) is 0 Å². The number of rotatable bonds is 10. The molecule has 7 heteroatoms. The zero-order valence-electron chi connectivity index (χ0n) is 45.9. The van der Waals surface area contributed by atoms with Gasteiger partial charge in [-0.25, -0.2) is 0 Å². The summed E-state index contributed by atoms with van der Waals surface area (Å²) in [7, 11) is 0. The third-order valence-electron chi connectivity index (χ3n) is 16.6. The predicted octanol–water partition coefficient (Wildman–Crippen LogP) is 16.6. The molecule has 0 saturated heterocycles. The van der Waals surface area contributed by atoms with Gasteiger partial charge in [0.25, 0.3) is 0 Å². The average molecular weight is 1080 g/mol. The number of para-hydroxylation sites is 4. The number of fused-ring (bicyclic) bond motifs is 6. The first kappa shape index (κ1) is 49.9. The molecule has 0 aliphatic carbocycles. The van der Waals surface area contributed by atoms with Crippen LogP contribution in [-0.4, -0.2) is 13.4 Å². The summed E-state index contributed by atoms with van der Waals surface area (Å²) in [5.41, 5.74) is 26.9. The van der Waals surface area contributed by atoms with Gasteiger partial charge in [0.15, 0.2) is 0 Å². The Morgan fingerprint density at radius 2 is 0.756 bits per heavy atom. The first-order chi connectivity index (χ1) is 40.4. The van der Waals surface area contributed by atoms with E-state index in [1.165, 1.54) is 108 Å². The van der Waals surface area contributed by atoms with Crippen LogP contribution in [0.1, 0.15) is 16.7 Å². The lowest BCUT2D eigenvalue weighted by Crippen LogP contribution is -2.63. The standard InChI is InChI=1S/C75H55B2N3S2/c1-50-43-51(2)75(52(3)44-50)80-67-49-71-66(48-65(67)76-63-39-22-23-40-69(63)81-72-47-60(45-68(80)74(72)76)79(57-33-18-8-19-34-57)58-35-20-9-21-36-58)77(73-61(53-25-10-4-11-26-53)37-24-38-62(73)54-27-12-5-13-28-54)64-42-41-59(46-70(64)82-71)78(55-29-14-6-15-30-55)56-31-16-7-17-32-56/h4-49H,1-3H3. The molecule has 0 fully saturated rings. The summed E-state index contributed by atoms with van der Waals surface area (Å²) in [5.74, 6) is 0. The Morgan fingerprint density at radius 1 is 0.305 bits per heavy atom. The summed E-state index contributed by atoms with van der Waals surface area (Å²) in [6, 6.07) is 104. The highest BCUT2D eigenvalue weighted by atomic mass is 32.2. The molecule has 0 amide bonds. The zero-order valence-corrected chi connectivity index (χ0v) is 47.5. The van der Waals surface area contributed by atoms with Crippen molar-refractivity contribution < 1.29 is 0 Å². The van der Waals surface area contributed by atoms with Crippen molar-refractivity contribution in [2.45, 2.75) is 40.4 Å². The Bertz CT molecular complexity index is 4230. The van der Waals surface area contributed by atoms with Gasteiger partial charge in [0, 0.05) is 65.1 Å². The zero-order chi connectivity index (χ0) is 54.8. The second-order valence-electron chi connectivity index (χ2n) is 21.8. The fourth-order valence-electron chi connectivity index (χ4n) is 13.3. The first-order valence-electron chi connectivity index (χ1n) is 28.3. The number of hydrogen-bond donors (Lipinski definition) is 0. The van der Waals surface area contributed by atoms with E-state index in [-0.39, 0.29) is 13.4 Å². The monoisotopic (exact) mass is 1080 g/mol. The molecule has 0 N–H and O–H groups in total. The van der Waals surface area contributed by atoms with Crippen LogP contribution < -0.4 is 47.5 Å². The van der Waals surface area contributed by atoms with E-state index in [9.17, 15) is 0 Å². The summed E-state index contributed by atoms with van der Waals surface area (Å²) in [4.78, 5) is 12.5. The van der Waals surface area contributed by atoms with E-state index in [2.05, 4.69) is 315 Å². The van der Waals surface area contributed by atoms with Gasteiger partial charge in [0.05, 0.1) is 5.69 Å². The van der Waals surface area contributed by atoms with Crippen molar-refractivity contribution in [1.29, 1.82) is 0 Å². The highest BCUT2D eigenvalue weighted by Crippen LogP contribution is 2.49. The first-order valence-corrected chi connectivity index (χ1v) is 29.9. The van der Waals surface area contributed by atoms with Crippen molar-refractivity contribution in [3.8, 4) is 22.3 Å². The molecule has 0 bridgehead atoms. The smallest absolute Gasteiger partial charge is 0.249 e. The molecule has 0 unspecified atom stereocenters. The molecule has 0 atom stereocenters. The summed E-state index contributed by atoms with van der Waals surface area (Å²) in [6.45, 7) is 6.65. The lowest BCUT2D eigenvalue weighted by molar-refractivity contribution is 1.18. The maximum atomic E-state index is 2.66. The van der Waals surface area contributed by atoms with Gasteiger partial charge >= 0.3 is 0 Å². The highest BCUT2D eigenvalue weighted by Gasteiger charge is 2.45. The molecule has 0 saturated carbocycles. The quantitative estimate of drug-likeness (QED) is 0.126. The number of nitrogens with zero attached hydrogens (tertiary/aromatic N) is 3. The molecule has 3 aliphatic rings. The Balaban J connectivity index is 1.04. The minimum absolute atomic E-state index is 0.0429. The van der Waals surface area contributed by atoms with E-state index in [4.69, 9.17) is 0 Å². The van der Waals surface area contributed by atoms with Gasteiger partial charge < -0.3 is 14.7 Å². The van der Waals surface area contributed by atoms with Crippen LogP contribution in [0.25, 0.3) is 22.3 Å². The number of benzene rings is 12. The summed E-state index contributed by atoms with van der Waals surface area (Å²) in [5, 5.41) is 0. The van der Waals surface area contributed by atoms with E-state index < -0.39 is 0 Å². The summed E-state index contributed by atoms with van der Waals surface area (Å²) in [6.07, 6.45) is 0. The molecule has 3 aliphatic heterocycles. The van der Waals surface area contributed by atoms with E-state index in [1.807, 2.05) is 23.5 Å². The minimum Gasteiger partial charge on any atom is -0.311 e. The molecule has 0 radical (unpaired) electrons. The molecule has 12 aromatic rings. The number of hydrogen-bond acceptors (Lipinski definition) is 5. The van der Waals surface area contributed by atoms with Gasteiger partial charge in [0.1, 0.15) is 0 Å². The second-order valence-corrected chi connectivity index (χ2v) is 23.9. The number of anilines is 9. The van der Waals surface area contributed by atoms with Crippen LogP contribution >= 0.6 is 23.5 Å². The van der Waals surface area contributed by atoms with Crippen LogP contribution in [0.15, 0.2) is 299 Å². The molecule has 3 nitrogen and oxygen atoms in total. The van der Waals surface area contributed by atoms with Crippen molar-refractivity contribution in [2.75, 3.05) is 14.7 Å². The van der Waals surface area contributed by atoms with E-state index >= 15 is 0 Å². The lowest BCUT2D eigenvalue weighted by Gasteiger charge is -2.43. The van der Waals surface area contributed by atoms with Gasteiger partial charge in [-0.2, -0.15) is 0 Å². The minimum atomic E-state index is -0.142. The average Bonchev–Trinajstić information content (AvgIpc) is 1.38. The largest absolute Gasteiger partial charge is 0.311 e. The maximum absolute atomic E-state index is 2.66. The third kappa shape index (κ3) is 8.57. The highest BCUT2D eigenvalue weighted by molar-refractivity contribution is 8.00. The van der Waals surface area contributed by atoms with Gasteiger partial charge in [0.2, 0.25) is 13.4 Å². The summed E-state index contributed by atoms with van der Waals surface area (Å²) < 4.78 is 0. The molecule has 15 rings (SSSR count). The van der Waals surface area contributed by atoms with Crippen molar-refractivity contribution in [3.05, 3.63) is 296 Å². The van der Waals surface area contributed by atoms with Crippen LogP contribution in [0.2, 0.25) is 0 Å². The Labute approximate surface area is 490 Å². The van der Waals surface area contributed by atoms with Gasteiger partial charge in [-0.1, -0.05) is 245 Å². The van der Waals surface area contributed by atoms with Crippen LogP contribution in [0.5, 0.6) is 0 Å². The third-order valence-corrected chi connectivity index (χ3v) is 18.9. The Hall–Kier alpha value is -9.13. The van der Waals surface area contributed by atoms with Crippen LogP contribution in [-0.2, 0) is 0 Å². The SMILES string of the molecule is Cc1cc(C)c(N2c3cc4c(cc3B3c5ccccc5Sc5cc(N(c6ccccc6)c6ccccc6)cc2c53)B(c2c(-c3ccccc3)cccc2-c2ccccc2)c2ccc(N(c3ccccc3)c3ccccc3)cc2S4)c(C)c1. The van der Waals surface area contributed by atoms with Crippen LogP contribution in [0.3, 0.4) is 0 Å². The van der Waals surface area contributed by atoms with Crippen molar-refractivity contribution >= 4 is 121 Å². The fraction of sp³-hybridized carbons (Fsp3) is 0.0400. The van der Waals surface area contributed by atoms with Crippen molar-refractivity contribution in [3.63, 3.8) is 0 Å². The predicted molar refractivity (Wildman–Crippen MR) is 352 cm³/mol. The second kappa shape index (κ2) is 20.8. The normalized spacial score (nSPS) is 12.6. The molecule has 388 valence electrons. The van der Waals surface area contributed by atoms with Gasteiger partial charge in [-0.3, -0.25) is 0 Å². The Morgan fingerprint density at radius 3 is 1.32 bits per heavy atom. The van der Waals surface area contributed by atoms with Crippen LogP contribution in [0, 0.1) is 20.8 Å². The Kier molecular flexibility index (Phi) is 12.6. The van der Waals surface area contributed by atoms with Gasteiger partial charge in [-0.05, 0) is 150 Å². The fourth-order valence-corrected chi connectivity index (χ4v) is 15.7. The molecule has 12 aromatic carbocycles.